The van der Waals surface area contributed by atoms with E-state index >= 15 is 0 Å². The van der Waals surface area contributed by atoms with Gasteiger partial charge in [0, 0.05) is 0 Å². The molecule has 0 spiro atoms. The predicted molar refractivity (Wildman–Crippen MR) is 120 cm³/mol. The van der Waals surface area contributed by atoms with Gasteiger partial charge in [-0.15, -0.1) is 0 Å². The highest BCUT2D eigenvalue weighted by Gasteiger charge is 2.17. The molecule has 0 aliphatic carbocycles. The first-order valence-corrected chi connectivity index (χ1v) is 10.7. The van der Waals surface area contributed by atoms with Crippen molar-refractivity contribution in [1.29, 1.82) is 0 Å². The smallest absolute Gasteiger partial charge is 0.287 e. The molecular weight excluding hydrogens is 374 g/mol. The molecule has 0 aliphatic heterocycles. The molecule has 3 rings (SSSR count). The second-order valence-electron chi connectivity index (χ2n) is 7.78. The van der Waals surface area contributed by atoms with Gasteiger partial charge >= 0.3 is 0 Å². The summed E-state index contributed by atoms with van der Waals surface area (Å²) in [5, 5.41) is 3.05. The van der Waals surface area contributed by atoms with Crippen molar-refractivity contribution in [2.24, 2.45) is 0 Å². The average Bonchev–Trinajstić information content (AvgIpc) is 3.25. The standard InChI is InChI=1S/C26H31NO3/c1-5-19(4)20-11-13-22(14-12-20)29-17-23-15-16-25(30-23)26(28)27-24(6-2)21-9-7-18(3)8-10-21/h7-16,19,24H,5-6,17H2,1-4H3,(H,27,28). The first-order chi connectivity index (χ1) is 14.5. The van der Waals surface area contributed by atoms with Crippen LogP contribution in [0.1, 0.15) is 78.6 Å². The van der Waals surface area contributed by atoms with Gasteiger partial charge in [0.05, 0.1) is 6.04 Å². The summed E-state index contributed by atoms with van der Waals surface area (Å²) < 4.78 is 11.5. The number of hydrogen-bond acceptors (Lipinski definition) is 3. The Kier molecular flexibility index (Phi) is 7.34. The maximum Gasteiger partial charge on any atom is 0.287 e. The molecule has 1 amide bonds. The van der Waals surface area contributed by atoms with Crippen molar-refractivity contribution in [2.75, 3.05) is 0 Å². The van der Waals surface area contributed by atoms with Gasteiger partial charge in [0.2, 0.25) is 0 Å². The van der Waals surface area contributed by atoms with Crippen LogP contribution in [0.15, 0.2) is 65.1 Å². The van der Waals surface area contributed by atoms with Gasteiger partial charge in [0.1, 0.15) is 18.1 Å². The Hall–Kier alpha value is -3.01. The highest BCUT2D eigenvalue weighted by Crippen LogP contribution is 2.23. The Bertz CT molecular complexity index is 941. The third kappa shape index (κ3) is 5.53. The number of carbonyl (C=O) groups is 1. The maximum absolute atomic E-state index is 12.6. The molecule has 0 radical (unpaired) electrons. The van der Waals surface area contributed by atoms with E-state index in [4.69, 9.17) is 9.15 Å². The van der Waals surface area contributed by atoms with Gasteiger partial charge in [-0.3, -0.25) is 4.79 Å². The molecule has 4 nitrogen and oxygen atoms in total. The Morgan fingerprint density at radius 2 is 1.60 bits per heavy atom. The number of hydrogen-bond donors (Lipinski definition) is 1. The summed E-state index contributed by atoms with van der Waals surface area (Å²) in [5.41, 5.74) is 3.60. The second kappa shape index (κ2) is 10.1. The van der Waals surface area contributed by atoms with Crippen molar-refractivity contribution in [1.82, 2.24) is 5.32 Å². The molecule has 2 unspecified atom stereocenters. The number of amides is 1. The fourth-order valence-electron chi connectivity index (χ4n) is 3.31. The molecular formula is C26H31NO3. The Morgan fingerprint density at radius 3 is 2.23 bits per heavy atom. The van der Waals surface area contributed by atoms with E-state index < -0.39 is 0 Å². The van der Waals surface area contributed by atoms with Crippen LogP contribution in [0.4, 0.5) is 0 Å². The summed E-state index contributed by atoms with van der Waals surface area (Å²) in [6.07, 6.45) is 1.92. The summed E-state index contributed by atoms with van der Waals surface area (Å²) >= 11 is 0. The molecule has 1 N–H and O–H groups in total. The van der Waals surface area contributed by atoms with Crippen molar-refractivity contribution in [3.63, 3.8) is 0 Å². The van der Waals surface area contributed by atoms with Gasteiger partial charge in [-0.1, -0.05) is 62.7 Å². The van der Waals surface area contributed by atoms with E-state index in [1.54, 1.807) is 12.1 Å². The van der Waals surface area contributed by atoms with Crippen LogP contribution in [-0.4, -0.2) is 5.91 Å². The molecule has 2 aromatic carbocycles. The van der Waals surface area contributed by atoms with E-state index in [1.807, 2.05) is 12.1 Å². The summed E-state index contributed by atoms with van der Waals surface area (Å²) in [7, 11) is 0. The van der Waals surface area contributed by atoms with Crippen molar-refractivity contribution < 1.29 is 13.9 Å². The van der Waals surface area contributed by atoms with Crippen molar-refractivity contribution in [3.8, 4) is 5.75 Å². The maximum atomic E-state index is 12.6. The third-order valence-corrected chi connectivity index (χ3v) is 5.52. The summed E-state index contributed by atoms with van der Waals surface area (Å²) in [6, 6.07) is 19.8. The number of carbonyl (C=O) groups excluding carboxylic acids is 1. The van der Waals surface area contributed by atoms with Crippen LogP contribution in [0.3, 0.4) is 0 Å². The monoisotopic (exact) mass is 405 g/mol. The zero-order chi connectivity index (χ0) is 21.5. The Balaban J connectivity index is 1.57. The zero-order valence-electron chi connectivity index (χ0n) is 18.3. The van der Waals surface area contributed by atoms with E-state index in [0.29, 0.717) is 17.4 Å². The van der Waals surface area contributed by atoms with Crippen molar-refractivity contribution in [3.05, 3.63) is 88.9 Å². The molecule has 2 atom stereocenters. The van der Waals surface area contributed by atoms with E-state index in [2.05, 4.69) is 69.4 Å². The quantitative estimate of drug-likeness (QED) is 0.438. The third-order valence-electron chi connectivity index (χ3n) is 5.52. The molecule has 3 aromatic rings. The van der Waals surface area contributed by atoms with E-state index in [1.165, 1.54) is 11.1 Å². The Labute approximate surface area is 179 Å². The van der Waals surface area contributed by atoms with Gasteiger partial charge in [0.25, 0.3) is 5.91 Å². The molecule has 30 heavy (non-hydrogen) atoms. The molecule has 0 aliphatic rings. The highest BCUT2D eigenvalue weighted by molar-refractivity contribution is 5.91. The number of ether oxygens (including phenoxy) is 1. The minimum absolute atomic E-state index is 0.0491. The van der Waals surface area contributed by atoms with Gasteiger partial charge in [-0.05, 0) is 61.1 Å². The lowest BCUT2D eigenvalue weighted by atomic mass is 9.99. The first kappa shape index (κ1) is 21.7. The molecule has 0 saturated heterocycles. The minimum atomic E-state index is -0.216. The number of rotatable bonds is 9. The van der Waals surface area contributed by atoms with E-state index in [0.717, 1.165) is 24.2 Å². The van der Waals surface area contributed by atoms with Crippen LogP contribution in [-0.2, 0) is 6.61 Å². The molecule has 1 aromatic heterocycles. The van der Waals surface area contributed by atoms with E-state index in [9.17, 15) is 4.79 Å². The lowest BCUT2D eigenvalue weighted by Crippen LogP contribution is -2.27. The molecule has 1 heterocycles. The van der Waals surface area contributed by atoms with Crippen LogP contribution in [0, 0.1) is 6.92 Å². The van der Waals surface area contributed by atoms with Gasteiger partial charge in [0.15, 0.2) is 5.76 Å². The van der Waals surface area contributed by atoms with Crippen LogP contribution >= 0.6 is 0 Å². The molecule has 158 valence electrons. The fraction of sp³-hybridized carbons (Fsp3) is 0.346. The molecule has 0 saturated carbocycles. The normalized spacial score (nSPS) is 12.9. The number of nitrogens with one attached hydrogen (secondary N) is 1. The van der Waals surface area contributed by atoms with Crippen molar-refractivity contribution >= 4 is 5.91 Å². The number of furan rings is 1. The predicted octanol–water partition coefficient (Wildman–Crippen LogP) is 6.56. The largest absolute Gasteiger partial charge is 0.486 e. The van der Waals surface area contributed by atoms with Crippen molar-refractivity contribution in [2.45, 2.75) is 59.1 Å². The van der Waals surface area contributed by atoms with Crippen LogP contribution in [0.25, 0.3) is 0 Å². The zero-order valence-corrected chi connectivity index (χ0v) is 18.3. The molecule has 0 bridgehead atoms. The molecule has 0 fully saturated rings. The Morgan fingerprint density at radius 1 is 0.933 bits per heavy atom. The van der Waals surface area contributed by atoms with Crippen LogP contribution in [0.5, 0.6) is 5.75 Å². The average molecular weight is 406 g/mol. The number of aryl methyl sites for hydroxylation is 1. The molecule has 4 heteroatoms. The SMILES string of the molecule is CCC(C)c1ccc(OCc2ccc(C(=O)NC(CC)c3ccc(C)cc3)o2)cc1. The van der Waals surface area contributed by atoms with Crippen LogP contribution in [0.2, 0.25) is 0 Å². The van der Waals surface area contributed by atoms with Gasteiger partial charge < -0.3 is 14.5 Å². The minimum Gasteiger partial charge on any atom is -0.486 e. The lowest BCUT2D eigenvalue weighted by Gasteiger charge is -2.17. The topological polar surface area (TPSA) is 51.5 Å². The number of benzene rings is 2. The van der Waals surface area contributed by atoms with E-state index in [-0.39, 0.29) is 18.6 Å². The van der Waals surface area contributed by atoms with Crippen LogP contribution < -0.4 is 10.1 Å². The highest BCUT2D eigenvalue weighted by atomic mass is 16.5. The first-order valence-electron chi connectivity index (χ1n) is 10.7. The summed E-state index contributed by atoms with van der Waals surface area (Å²) in [5.74, 6) is 2.03. The summed E-state index contributed by atoms with van der Waals surface area (Å²) in [6.45, 7) is 8.79. The van der Waals surface area contributed by atoms with Gasteiger partial charge in [-0.25, -0.2) is 0 Å². The lowest BCUT2D eigenvalue weighted by molar-refractivity contribution is 0.0903. The fourth-order valence-corrected chi connectivity index (χ4v) is 3.31. The van der Waals surface area contributed by atoms with Gasteiger partial charge in [-0.2, -0.15) is 0 Å². The second-order valence-corrected chi connectivity index (χ2v) is 7.78. The summed E-state index contributed by atoms with van der Waals surface area (Å²) in [4.78, 5) is 12.6.